The zero-order chi connectivity index (χ0) is 11.3. The number of aromatic amines is 1. The highest BCUT2D eigenvalue weighted by Crippen LogP contribution is 2.06. The minimum absolute atomic E-state index is 0.0178. The molecule has 0 aliphatic heterocycles. The monoisotopic (exact) mass is 211 g/mol. The van der Waals surface area contributed by atoms with Gasteiger partial charge in [-0.2, -0.15) is 5.10 Å². The van der Waals surface area contributed by atoms with E-state index in [1.165, 1.54) is 6.20 Å². The molecule has 1 rings (SSSR count). The lowest BCUT2D eigenvalue weighted by atomic mass is 10.2. The van der Waals surface area contributed by atoms with E-state index in [0.717, 1.165) is 0 Å². The molecule has 1 N–H and O–H groups in total. The van der Waals surface area contributed by atoms with Gasteiger partial charge >= 0.3 is 0 Å². The predicted molar refractivity (Wildman–Crippen MR) is 56.6 cm³/mol. The van der Waals surface area contributed by atoms with Gasteiger partial charge in [-0.15, -0.1) is 0 Å². The second-order valence-corrected chi connectivity index (χ2v) is 3.38. The summed E-state index contributed by atoms with van der Waals surface area (Å²) in [6.07, 6.45) is 3.13. The van der Waals surface area contributed by atoms with E-state index in [9.17, 15) is 4.79 Å². The fraction of sp³-hybridized carbons (Fsp3) is 0.600. The van der Waals surface area contributed by atoms with Crippen molar-refractivity contribution in [3.8, 4) is 0 Å². The normalized spacial score (nSPS) is 12.5. The van der Waals surface area contributed by atoms with Gasteiger partial charge in [0.05, 0.1) is 24.4 Å². The predicted octanol–water partition coefficient (Wildman–Crippen LogP) is 0.907. The Morgan fingerprint density at radius 2 is 2.47 bits per heavy atom. The van der Waals surface area contributed by atoms with Gasteiger partial charge in [-0.25, -0.2) is 0 Å². The number of nitrogens with one attached hydrogen (secondary N) is 1. The first-order chi connectivity index (χ1) is 7.20. The maximum absolute atomic E-state index is 12.0. The Bertz CT molecular complexity index is 298. The van der Waals surface area contributed by atoms with Crippen molar-refractivity contribution in [1.29, 1.82) is 0 Å². The van der Waals surface area contributed by atoms with Gasteiger partial charge in [-0.1, -0.05) is 0 Å². The molecule has 1 amide bonds. The van der Waals surface area contributed by atoms with Gasteiger partial charge < -0.3 is 9.64 Å². The van der Waals surface area contributed by atoms with E-state index >= 15 is 0 Å². The third-order valence-electron chi connectivity index (χ3n) is 2.29. The molecule has 0 saturated carbocycles. The van der Waals surface area contributed by atoms with Crippen LogP contribution >= 0.6 is 0 Å². The lowest BCUT2D eigenvalue weighted by molar-refractivity contribution is 0.0579. The number of methoxy groups -OCH3 is 1. The molecular weight excluding hydrogens is 194 g/mol. The van der Waals surface area contributed by atoms with E-state index in [4.69, 9.17) is 4.74 Å². The lowest BCUT2D eigenvalue weighted by Crippen LogP contribution is -2.40. The number of hydrogen-bond acceptors (Lipinski definition) is 3. The number of ether oxygens (including phenoxy) is 1. The molecule has 5 heteroatoms. The Morgan fingerprint density at radius 3 is 2.93 bits per heavy atom. The van der Waals surface area contributed by atoms with Gasteiger partial charge in [0, 0.05) is 19.9 Å². The highest BCUT2D eigenvalue weighted by molar-refractivity contribution is 5.93. The largest absolute Gasteiger partial charge is 0.383 e. The van der Waals surface area contributed by atoms with Crippen LogP contribution in [0.1, 0.15) is 24.2 Å². The molecule has 0 bridgehead atoms. The van der Waals surface area contributed by atoms with Crippen molar-refractivity contribution in [1.82, 2.24) is 15.1 Å². The van der Waals surface area contributed by atoms with Gasteiger partial charge in [0.1, 0.15) is 0 Å². The molecule has 1 aromatic heterocycles. The first kappa shape index (κ1) is 11.7. The summed E-state index contributed by atoms with van der Waals surface area (Å²) >= 11 is 0. The number of hydrogen-bond donors (Lipinski definition) is 1. The Balaban J connectivity index is 2.70. The molecule has 1 atom stereocenters. The number of H-pyrrole nitrogens is 1. The highest BCUT2D eigenvalue weighted by atomic mass is 16.5. The molecule has 1 heterocycles. The number of rotatable bonds is 5. The summed E-state index contributed by atoms with van der Waals surface area (Å²) in [4.78, 5) is 13.7. The molecular formula is C10H17N3O2. The summed E-state index contributed by atoms with van der Waals surface area (Å²) in [6, 6.07) is 0.0717. The summed E-state index contributed by atoms with van der Waals surface area (Å²) in [6.45, 7) is 5.11. The summed E-state index contributed by atoms with van der Waals surface area (Å²) < 4.78 is 5.04. The number of carbonyl (C=O) groups is 1. The van der Waals surface area contributed by atoms with Crippen LogP contribution in [-0.2, 0) is 4.74 Å². The van der Waals surface area contributed by atoms with E-state index in [1.807, 2.05) is 13.8 Å². The van der Waals surface area contributed by atoms with Crippen LogP contribution in [-0.4, -0.2) is 47.3 Å². The molecule has 0 saturated heterocycles. The summed E-state index contributed by atoms with van der Waals surface area (Å²) in [5, 5.41) is 6.39. The van der Waals surface area contributed by atoms with Gasteiger partial charge in [-0.3, -0.25) is 9.89 Å². The highest BCUT2D eigenvalue weighted by Gasteiger charge is 2.20. The first-order valence-electron chi connectivity index (χ1n) is 4.99. The fourth-order valence-electron chi connectivity index (χ4n) is 1.52. The number of aromatic nitrogens is 2. The number of nitrogens with zero attached hydrogens (tertiary/aromatic N) is 2. The Labute approximate surface area is 89.4 Å². The maximum Gasteiger partial charge on any atom is 0.257 e. The van der Waals surface area contributed by atoms with Gasteiger partial charge in [0.25, 0.3) is 5.91 Å². The van der Waals surface area contributed by atoms with E-state index in [2.05, 4.69) is 10.2 Å². The molecule has 0 aromatic carbocycles. The number of amides is 1. The minimum atomic E-state index is -0.0178. The first-order valence-corrected chi connectivity index (χ1v) is 4.99. The summed E-state index contributed by atoms with van der Waals surface area (Å²) in [5.74, 6) is -0.0178. The molecule has 1 aromatic rings. The van der Waals surface area contributed by atoms with E-state index in [1.54, 1.807) is 18.2 Å². The fourth-order valence-corrected chi connectivity index (χ4v) is 1.52. The van der Waals surface area contributed by atoms with Crippen molar-refractivity contribution in [2.75, 3.05) is 20.3 Å². The zero-order valence-corrected chi connectivity index (χ0v) is 9.36. The number of likely N-dealkylation sites (N-methyl/N-ethyl adjacent to an activating group) is 1. The van der Waals surface area contributed by atoms with Crippen LogP contribution in [0.2, 0.25) is 0 Å². The van der Waals surface area contributed by atoms with Crippen LogP contribution < -0.4 is 0 Å². The van der Waals surface area contributed by atoms with Crippen molar-refractivity contribution in [2.45, 2.75) is 19.9 Å². The summed E-state index contributed by atoms with van der Waals surface area (Å²) in [5.41, 5.74) is 0.583. The third kappa shape index (κ3) is 2.79. The van der Waals surface area contributed by atoms with Crippen LogP contribution in [0, 0.1) is 0 Å². The van der Waals surface area contributed by atoms with E-state index in [0.29, 0.717) is 18.7 Å². The second kappa shape index (κ2) is 5.50. The average Bonchev–Trinajstić information content (AvgIpc) is 2.71. The minimum Gasteiger partial charge on any atom is -0.383 e. The smallest absolute Gasteiger partial charge is 0.257 e. The molecule has 84 valence electrons. The van der Waals surface area contributed by atoms with Crippen LogP contribution in [0.15, 0.2) is 12.4 Å². The summed E-state index contributed by atoms with van der Waals surface area (Å²) in [7, 11) is 1.63. The molecule has 15 heavy (non-hydrogen) atoms. The SMILES string of the molecule is CCN(C(=O)c1cn[nH]c1)C(C)COC. The molecule has 0 spiro atoms. The van der Waals surface area contributed by atoms with Crippen LogP contribution in [0.25, 0.3) is 0 Å². The standard InChI is InChI=1S/C10H17N3O2/c1-4-13(8(2)7-15-3)10(14)9-5-11-12-6-9/h5-6,8H,4,7H2,1-3H3,(H,11,12). The Kier molecular flexibility index (Phi) is 4.30. The maximum atomic E-state index is 12.0. The van der Waals surface area contributed by atoms with Crippen LogP contribution in [0.3, 0.4) is 0 Å². The van der Waals surface area contributed by atoms with E-state index in [-0.39, 0.29) is 11.9 Å². The Hall–Kier alpha value is -1.36. The Morgan fingerprint density at radius 1 is 1.73 bits per heavy atom. The van der Waals surface area contributed by atoms with Crippen molar-refractivity contribution in [3.63, 3.8) is 0 Å². The molecule has 0 aliphatic rings. The third-order valence-corrected chi connectivity index (χ3v) is 2.29. The van der Waals surface area contributed by atoms with Crippen molar-refractivity contribution in [2.24, 2.45) is 0 Å². The lowest BCUT2D eigenvalue weighted by Gasteiger charge is -2.26. The van der Waals surface area contributed by atoms with E-state index < -0.39 is 0 Å². The van der Waals surface area contributed by atoms with Crippen molar-refractivity contribution >= 4 is 5.91 Å². The number of carbonyl (C=O) groups excluding carboxylic acids is 1. The molecule has 0 fully saturated rings. The van der Waals surface area contributed by atoms with Crippen LogP contribution in [0.5, 0.6) is 0 Å². The molecule has 0 aliphatic carbocycles. The molecule has 1 unspecified atom stereocenters. The molecule has 5 nitrogen and oxygen atoms in total. The van der Waals surface area contributed by atoms with Gasteiger partial charge in [0.2, 0.25) is 0 Å². The topological polar surface area (TPSA) is 58.2 Å². The van der Waals surface area contributed by atoms with Gasteiger partial charge in [0.15, 0.2) is 0 Å². The molecule has 0 radical (unpaired) electrons. The van der Waals surface area contributed by atoms with Crippen molar-refractivity contribution < 1.29 is 9.53 Å². The average molecular weight is 211 g/mol. The van der Waals surface area contributed by atoms with Crippen LogP contribution in [0.4, 0.5) is 0 Å². The zero-order valence-electron chi connectivity index (χ0n) is 9.36. The van der Waals surface area contributed by atoms with Gasteiger partial charge in [-0.05, 0) is 13.8 Å². The van der Waals surface area contributed by atoms with Crippen molar-refractivity contribution in [3.05, 3.63) is 18.0 Å². The quantitative estimate of drug-likeness (QED) is 0.787. The second-order valence-electron chi connectivity index (χ2n) is 3.38.